The van der Waals surface area contributed by atoms with Gasteiger partial charge in [-0.1, -0.05) is 61.0 Å². The van der Waals surface area contributed by atoms with E-state index in [4.69, 9.17) is 5.73 Å². The molecule has 3 N–H and O–H groups in total. The van der Waals surface area contributed by atoms with Gasteiger partial charge in [-0.2, -0.15) is 0 Å². The highest BCUT2D eigenvalue weighted by Gasteiger charge is 2.22. The zero-order chi connectivity index (χ0) is 21.6. The van der Waals surface area contributed by atoms with Gasteiger partial charge >= 0.3 is 0 Å². The van der Waals surface area contributed by atoms with E-state index in [9.17, 15) is 4.79 Å². The Morgan fingerprint density at radius 2 is 1.74 bits per heavy atom. The molecule has 0 spiro atoms. The van der Waals surface area contributed by atoms with E-state index >= 15 is 0 Å². The Hall–Kier alpha value is -3.11. The number of hydrogen-bond acceptors (Lipinski definition) is 2. The number of fused-ring (bicyclic) bond motifs is 2. The molecular weight excluding hydrogens is 382 g/mol. The van der Waals surface area contributed by atoms with Gasteiger partial charge in [-0.05, 0) is 60.3 Å². The van der Waals surface area contributed by atoms with Gasteiger partial charge in [0.2, 0.25) is 5.91 Å². The van der Waals surface area contributed by atoms with Crippen LogP contribution in [-0.4, -0.2) is 28.9 Å². The average Bonchev–Trinajstić information content (AvgIpc) is 3.21. The summed E-state index contributed by atoms with van der Waals surface area (Å²) in [5.41, 5.74) is 8.96. The first-order valence-electron chi connectivity index (χ1n) is 11.2. The van der Waals surface area contributed by atoms with Crippen molar-refractivity contribution < 1.29 is 4.79 Å². The van der Waals surface area contributed by atoms with Crippen LogP contribution in [0.2, 0.25) is 0 Å². The number of aromatic amines is 1. The van der Waals surface area contributed by atoms with Gasteiger partial charge in [0.05, 0.1) is 12.5 Å². The SMILES string of the molecule is CC(c1ccc2ccccc2c1)N(CCCCCN)C(=O)Cc1c[nH]c2ccccc12. The number of benzene rings is 3. The van der Waals surface area contributed by atoms with Crippen molar-refractivity contribution >= 4 is 27.6 Å². The summed E-state index contributed by atoms with van der Waals surface area (Å²) >= 11 is 0. The fourth-order valence-corrected chi connectivity index (χ4v) is 4.33. The Kier molecular flexibility index (Phi) is 6.68. The molecule has 0 aliphatic rings. The number of nitrogens with zero attached hydrogens (tertiary/aromatic N) is 1. The summed E-state index contributed by atoms with van der Waals surface area (Å²) in [5, 5.41) is 3.55. The molecule has 4 rings (SSSR count). The minimum atomic E-state index is 0.0141. The van der Waals surface area contributed by atoms with E-state index in [1.165, 1.54) is 16.3 Å². The first-order valence-corrected chi connectivity index (χ1v) is 11.2. The van der Waals surface area contributed by atoms with Crippen molar-refractivity contribution in [2.45, 2.75) is 38.6 Å². The molecule has 4 nitrogen and oxygen atoms in total. The maximum absolute atomic E-state index is 13.5. The summed E-state index contributed by atoms with van der Waals surface area (Å²) in [6.45, 7) is 3.58. The molecule has 0 aliphatic carbocycles. The van der Waals surface area contributed by atoms with Gasteiger partial charge in [-0.3, -0.25) is 4.79 Å². The zero-order valence-corrected chi connectivity index (χ0v) is 18.2. The van der Waals surface area contributed by atoms with Gasteiger partial charge in [-0.25, -0.2) is 0 Å². The largest absolute Gasteiger partial charge is 0.361 e. The van der Waals surface area contributed by atoms with Gasteiger partial charge in [-0.15, -0.1) is 0 Å². The summed E-state index contributed by atoms with van der Waals surface area (Å²) in [6.07, 6.45) is 5.37. The van der Waals surface area contributed by atoms with Crippen LogP contribution in [0.4, 0.5) is 0 Å². The highest BCUT2D eigenvalue weighted by atomic mass is 16.2. The molecule has 0 saturated carbocycles. The fourth-order valence-electron chi connectivity index (χ4n) is 4.33. The second-order valence-corrected chi connectivity index (χ2v) is 8.26. The van der Waals surface area contributed by atoms with Gasteiger partial charge in [0.15, 0.2) is 0 Å². The van der Waals surface area contributed by atoms with E-state index in [1.807, 2.05) is 29.3 Å². The minimum Gasteiger partial charge on any atom is -0.361 e. The van der Waals surface area contributed by atoms with Crippen LogP contribution in [0.15, 0.2) is 72.9 Å². The summed E-state index contributed by atoms with van der Waals surface area (Å²) in [6, 6.07) is 23.1. The Labute approximate surface area is 184 Å². The molecule has 4 heteroatoms. The third-order valence-electron chi connectivity index (χ3n) is 6.16. The Balaban J connectivity index is 1.57. The first kappa shape index (κ1) is 21.1. The molecule has 0 fully saturated rings. The quantitative estimate of drug-likeness (QED) is 0.352. The maximum atomic E-state index is 13.5. The predicted molar refractivity (Wildman–Crippen MR) is 129 cm³/mol. The highest BCUT2D eigenvalue weighted by molar-refractivity contribution is 5.89. The van der Waals surface area contributed by atoms with Crippen LogP contribution < -0.4 is 5.73 Å². The van der Waals surface area contributed by atoms with Crippen LogP contribution in [0.25, 0.3) is 21.7 Å². The summed E-state index contributed by atoms with van der Waals surface area (Å²) in [7, 11) is 0. The smallest absolute Gasteiger partial charge is 0.227 e. The lowest BCUT2D eigenvalue weighted by atomic mass is 10.0. The molecule has 1 aromatic heterocycles. The second-order valence-electron chi connectivity index (χ2n) is 8.26. The van der Waals surface area contributed by atoms with Crippen LogP contribution in [0, 0.1) is 0 Å². The lowest BCUT2D eigenvalue weighted by Crippen LogP contribution is -2.35. The third kappa shape index (κ3) is 4.80. The van der Waals surface area contributed by atoms with Gasteiger partial charge in [0, 0.05) is 23.6 Å². The monoisotopic (exact) mass is 413 g/mol. The molecule has 1 heterocycles. The molecule has 3 aromatic carbocycles. The number of nitrogens with two attached hydrogens (primary N) is 1. The Morgan fingerprint density at radius 3 is 2.58 bits per heavy atom. The molecule has 0 saturated heterocycles. The van der Waals surface area contributed by atoms with Crippen LogP contribution in [0.1, 0.15) is 43.4 Å². The number of hydrogen-bond donors (Lipinski definition) is 2. The Bertz CT molecular complexity index is 1160. The number of para-hydroxylation sites is 1. The molecule has 0 bridgehead atoms. The number of H-pyrrole nitrogens is 1. The summed E-state index contributed by atoms with van der Waals surface area (Å²) < 4.78 is 0. The molecule has 0 radical (unpaired) electrons. The first-order chi connectivity index (χ1) is 15.2. The van der Waals surface area contributed by atoms with Crippen molar-refractivity contribution in [2.24, 2.45) is 5.73 Å². The van der Waals surface area contributed by atoms with Crippen LogP contribution >= 0.6 is 0 Å². The van der Waals surface area contributed by atoms with Crippen molar-refractivity contribution in [1.29, 1.82) is 0 Å². The number of carbonyl (C=O) groups is 1. The number of carbonyl (C=O) groups excluding carboxylic acids is 1. The van der Waals surface area contributed by atoms with Gasteiger partial charge < -0.3 is 15.6 Å². The van der Waals surface area contributed by atoms with E-state index in [0.29, 0.717) is 13.0 Å². The van der Waals surface area contributed by atoms with Gasteiger partial charge in [0.1, 0.15) is 0 Å². The van der Waals surface area contributed by atoms with Crippen LogP contribution in [-0.2, 0) is 11.2 Å². The summed E-state index contributed by atoms with van der Waals surface area (Å²) in [4.78, 5) is 18.8. The average molecular weight is 414 g/mol. The van der Waals surface area contributed by atoms with Crippen LogP contribution in [0.5, 0.6) is 0 Å². The van der Waals surface area contributed by atoms with E-state index in [2.05, 4.69) is 60.4 Å². The molecule has 1 unspecified atom stereocenters. The molecular formula is C27H31N3O. The molecule has 31 heavy (non-hydrogen) atoms. The molecule has 4 aromatic rings. The topological polar surface area (TPSA) is 62.1 Å². The highest BCUT2D eigenvalue weighted by Crippen LogP contribution is 2.27. The number of nitrogens with one attached hydrogen (secondary N) is 1. The number of rotatable bonds is 9. The molecule has 1 atom stereocenters. The van der Waals surface area contributed by atoms with E-state index in [0.717, 1.165) is 42.3 Å². The van der Waals surface area contributed by atoms with Crippen molar-refractivity contribution in [2.75, 3.05) is 13.1 Å². The number of unbranched alkanes of at least 4 members (excludes halogenated alkanes) is 2. The van der Waals surface area contributed by atoms with Crippen molar-refractivity contribution in [3.8, 4) is 0 Å². The second kappa shape index (κ2) is 9.80. The summed E-state index contributed by atoms with van der Waals surface area (Å²) in [5.74, 6) is 0.165. The standard InChI is InChI=1S/C27H31N3O/c1-20(22-14-13-21-9-3-4-10-23(21)17-22)30(16-8-2-7-15-28)27(31)18-24-19-29-26-12-6-5-11-25(24)26/h3-6,9-14,17,19-20,29H,2,7-8,15-16,18,28H2,1H3. The predicted octanol–water partition coefficient (Wildman–Crippen LogP) is 5.58. The normalized spacial score (nSPS) is 12.3. The number of amides is 1. The van der Waals surface area contributed by atoms with E-state index in [1.54, 1.807) is 0 Å². The van der Waals surface area contributed by atoms with Crippen molar-refractivity contribution in [3.05, 3.63) is 84.1 Å². The lowest BCUT2D eigenvalue weighted by molar-refractivity contribution is -0.132. The fraction of sp³-hybridized carbons (Fsp3) is 0.296. The minimum absolute atomic E-state index is 0.0141. The Morgan fingerprint density at radius 1 is 0.968 bits per heavy atom. The van der Waals surface area contributed by atoms with E-state index in [-0.39, 0.29) is 11.9 Å². The van der Waals surface area contributed by atoms with Crippen LogP contribution in [0.3, 0.4) is 0 Å². The van der Waals surface area contributed by atoms with Crippen molar-refractivity contribution in [1.82, 2.24) is 9.88 Å². The zero-order valence-electron chi connectivity index (χ0n) is 18.2. The molecule has 0 aliphatic heterocycles. The molecule has 1 amide bonds. The molecule has 160 valence electrons. The van der Waals surface area contributed by atoms with Crippen molar-refractivity contribution in [3.63, 3.8) is 0 Å². The van der Waals surface area contributed by atoms with Gasteiger partial charge in [0.25, 0.3) is 0 Å². The third-order valence-corrected chi connectivity index (χ3v) is 6.16. The van der Waals surface area contributed by atoms with E-state index < -0.39 is 0 Å². The lowest BCUT2D eigenvalue weighted by Gasteiger charge is -2.30. The maximum Gasteiger partial charge on any atom is 0.227 e. The number of aromatic nitrogens is 1.